The van der Waals surface area contributed by atoms with Crippen molar-refractivity contribution in [3.05, 3.63) is 82.9 Å². The van der Waals surface area contributed by atoms with E-state index in [1.807, 2.05) is 36.4 Å². The molecule has 0 aliphatic carbocycles. The van der Waals surface area contributed by atoms with Gasteiger partial charge >= 0.3 is 0 Å². The van der Waals surface area contributed by atoms with Crippen molar-refractivity contribution in [2.24, 2.45) is 5.10 Å². The summed E-state index contributed by atoms with van der Waals surface area (Å²) in [4.78, 5) is 16.0. The van der Waals surface area contributed by atoms with E-state index >= 15 is 0 Å². The van der Waals surface area contributed by atoms with Crippen molar-refractivity contribution in [1.29, 1.82) is 0 Å². The molecule has 2 aliphatic heterocycles. The maximum Gasteiger partial charge on any atom is 0.257 e. The van der Waals surface area contributed by atoms with Gasteiger partial charge in [-0.2, -0.15) is 5.10 Å². The first-order valence-corrected chi connectivity index (χ1v) is 12.7. The number of hydrogen-bond donors (Lipinski definition) is 0. The van der Waals surface area contributed by atoms with E-state index < -0.39 is 0 Å². The van der Waals surface area contributed by atoms with Gasteiger partial charge in [-0.1, -0.05) is 24.3 Å². The Balaban J connectivity index is 1.47. The largest absolute Gasteiger partial charge is 0.497 e. The number of carbonyl (C=O) groups is 1. The number of hydrogen-bond acceptors (Lipinski definition) is 7. The standard InChI is InChI=1S/C30H33N3O5/c1-35-22-9-11-24(28(15-22)37-3)26-17-27(25-12-10-23(36-2)16-29(25)38-4)33(31-26)30(34)19-32-14-13-20-7-5-6-8-21(20)18-32/h5-12,15-16,27H,13-14,17-19H2,1-4H3/t27-/m1/s1. The SMILES string of the molecule is COc1ccc(C2=NN(C(=O)CN3CCc4ccccc4C3)[C@@H](c3ccc(OC)cc3OC)C2)c(OC)c1. The third-order valence-electron chi connectivity index (χ3n) is 7.25. The summed E-state index contributed by atoms with van der Waals surface area (Å²) in [7, 11) is 6.48. The fourth-order valence-corrected chi connectivity index (χ4v) is 5.23. The smallest absolute Gasteiger partial charge is 0.257 e. The predicted molar refractivity (Wildman–Crippen MR) is 145 cm³/mol. The van der Waals surface area contributed by atoms with Crippen LogP contribution in [0.2, 0.25) is 0 Å². The van der Waals surface area contributed by atoms with Crippen LogP contribution in [0, 0.1) is 0 Å². The molecule has 3 aromatic carbocycles. The van der Waals surface area contributed by atoms with E-state index in [-0.39, 0.29) is 18.5 Å². The van der Waals surface area contributed by atoms with Crippen molar-refractivity contribution in [2.45, 2.75) is 25.4 Å². The molecule has 38 heavy (non-hydrogen) atoms. The van der Waals surface area contributed by atoms with Crippen molar-refractivity contribution < 1.29 is 23.7 Å². The lowest BCUT2D eigenvalue weighted by atomic mass is 9.96. The molecule has 2 aliphatic rings. The highest BCUT2D eigenvalue weighted by Crippen LogP contribution is 2.40. The molecule has 0 saturated carbocycles. The molecule has 3 aromatic rings. The summed E-state index contributed by atoms with van der Waals surface area (Å²) in [6.07, 6.45) is 1.44. The van der Waals surface area contributed by atoms with E-state index in [1.165, 1.54) is 11.1 Å². The highest BCUT2D eigenvalue weighted by Gasteiger charge is 2.36. The zero-order valence-electron chi connectivity index (χ0n) is 22.3. The maximum absolute atomic E-state index is 13.8. The Labute approximate surface area is 223 Å². The van der Waals surface area contributed by atoms with Gasteiger partial charge in [-0.05, 0) is 41.8 Å². The Morgan fingerprint density at radius 3 is 2.26 bits per heavy atom. The summed E-state index contributed by atoms with van der Waals surface area (Å²) in [5, 5.41) is 6.49. The third kappa shape index (κ3) is 5.04. The third-order valence-corrected chi connectivity index (χ3v) is 7.25. The van der Waals surface area contributed by atoms with Gasteiger partial charge < -0.3 is 18.9 Å². The summed E-state index contributed by atoms with van der Waals surface area (Å²) in [5.74, 6) is 2.61. The van der Waals surface area contributed by atoms with E-state index in [4.69, 9.17) is 24.0 Å². The second-order valence-electron chi connectivity index (χ2n) is 9.41. The number of ether oxygens (including phenoxy) is 4. The van der Waals surface area contributed by atoms with Crippen LogP contribution >= 0.6 is 0 Å². The van der Waals surface area contributed by atoms with Crippen LogP contribution in [0.3, 0.4) is 0 Å². The van der Waals surface area contributed by atoms with Crippen LogP contribution in [0.4, 0.5) is 0 Å². The van der Waals surface area contributed by atoms with Crippen LogP contribution in [-0.4, -0.2) is 63.1 Å². The van der Waals surface area contributed by atoms with Crippen LogP contribution in [0.5, 0.6) is 23.0 Å². The molecule has 2 heterocycles. The number of benzene rings is 3. The minimum atomic E-state index is -0.331. The first-order valence-electron chi connectivity index (χ1n) is 12.7. The summed E-state index contributed by atoms with van der Waals surface area (Å²) < 4.78 is 22.1. The minimum Gasteiger partial charge on any atom is -0.497 e. The molecule has 1 amide bonds. The number of rotatable bonds is 8. The van der Waals surface area contributed by atoms with Crippen molar-refractivity contribution in [1.82, 2.24) is 9.91 Å². The fraction of sp³-hybridized carbons (Fsp3) is 0.333. The Hall–Kier alpha value is -4.04. The van der Waals surface area contributed by atoms with Gasteiger partial charge in [0.15, 0.2) is 0 Å². The molecule has 198 valence electrons. The summed E-state index contributed by atoms with van der Waals surface area (Å²) in [6.45, 7) is 1.85. The molecular weight excluding hydrogens is 482 g/mol. The molecule has 0 N–H and O–H groups in total. The predicted octanol–water partition coefficient (Wildman–Crippen LogP) is 4.46. The van der Waals surface area contributed by atoms with Crippen LogP contribution in [0.1, 0.15) is 34.7 Å². The summed E-state index contributed by atoms with van der Waals surface area (Å²) in [6, 6.07) is 19.4. The van der Waals surface area contributed by atoms with Crippen LogP contribution in [0.25, 0.3) is 0 Å². The quantitative estimate of drug-likeness (QED) is 0.441. The van der Waals surface area contributed by atoms with Gasteiger partial charge in [0.2, 0.25) is 0 Å². The number of carbonyl (C=O) groups excluding carboxylic acids is 1. The molecule has 5 rings (SSSR count). The van der Waals surface area contributed by atoms with Crippen molar-refractivity contribution in [3.63, 3.8) is 0 Å². The average Bonchev–Trinajstić information content (AvgIpc) is 3.41. The minimum absolute atomic E-state index is 0.0604. The second-order valence-corrected chi connectivity index (χ2v) is 9.41. The monoisotopic (exact) mass is 515 g/mol. The second kappa shape index (κ2) is 11.1. The van der Waals surface area contributed by atoms with Crippen LogP contribution < -0.4 is 18.9 Å². The zero-order chi connectivity index (χ0) is 26.6. The summed E-state index contributed by atoms with van der Waals surface area (Å²) >= 11 is 0. The molecule has 1 atom stereocenters. The van der Waals surface area contributed by atoms with Crippen molar-refractivity contribution >= 4 is 11.6 Å². The molecule has 0 spiro atoms. The normalized spacial score (nSPS) is 17.0. The van der Waals surface area contributed by atoms with Gasteiger partial charge in [-0.15, -0.1) is 0 Å². The number of methoxy groups -OCH3 is 4. The van der Waals surface area contributed by atoms with Crippen molar-refractivity contribution in [3.8, 4) is 23.0 Å². The number of hydrazone groups is 1. The lowest BCUT2D eigenvalue weighted by Gasteiger charge is -2.30. The summed E-state index contributed by atoms with van der Waals surface area (Å²) in [5.41, 5.74) is 5.09. The lowest BCUT2D eigenvalue weighted by molar-refractivity contribution is -0.134. The fourth-order valence-electron chi connectivity index (χ4n) is 5.23. The molecule has 0 saturated heterocycles. The van der Waals surface area contributed by atoms with Gasteiger partial charge in [-0.3, -0.25) is 9.69 Å². The molecule has 0 radical (unpaired) electrons. The molecule has 0 aromatic heterocycles. The van der Waals surface area contributed by atoms with E-state index in [0.717, 1.165) is 36.3 Å². The first-order chi connectivity index (χ1) is 18.5. The molecule has 8 heteroatoms. The molecule has 8 nitrogen and oxygen atoms in total. The van der Waals surface area contributed by atoms with E-state index in [9.17, 15) is 4.79 Å². The van der Waals surface area contributed by atoms with Gasteiger partial charge in [0.25, 0.3) is 5.91 Å². The van der Waals surface area contributed by atoms with E-state index in [1.54, 1.807) is 33.4 Å². The lowest BCUT2D eigenvalue weighted by Crippen LogP contribution is -2.40. The average molecular weight is 516 g/mol. The zero-order valence-corrected chi connectivity index (χ0v) is 22.3. The Bertz CT molecular complexity index is 1360. The van der Waals surface area contributed by atoms with Gasteiger partial charge in [0, 0.05) is 42.8 Å². The first kappa shape index (κ1) is 25.6. The van der Waals surface area contributed by atoms with E-state index in [0.29, 0.717) is 29.4 Å². The maximum atomic E-state index is 13.8. The molecule has 0 fully saturated rings. The molecule has 0 bridgehead atoms. The van der Waals surface area contributed by atoms with Gasteiger partial charge in [-0.25, -0.2) is 5.01 Å². The van der Waals surface area contributed by atoms with E-state index in [2.05, 4.69) is 29.2 Å². The Morgan fingerprint density at radius 1 is 0.868 bits per heavy atom. The highest BCUT2D eigenvalue weighted by atomic mass is 16.5. The Kier molecular flexibility index (Phi) is 7.51. The molecular formula is C30H33N3O5. The van der Waals surface area contributed by atoms with Crippen LogP contribution in [-0.2, 0) is 17.8 Å². The van der Waals surface area contributed by atoms with Crippen LogP contribution in [0.15, 0.2) is 65.8 Å². The number of nitrogens with zero attached hydrogens (tertiary/aromatic N) is 3. The van der Waals surface area contributed by atoms with Gasteiger partial charge in [0.1, 0.15) is 23.0 Å². The molecule has 0 unspecified atom stereocenters. The topological polar surface area (TPSA) is 72.8 Å². The number of fused-ring (bicyclic) bond motifs is 1. The highest BCUT2D eigenvalue weighted by molar-refractivity contribution is 6.05. The van der Waals surface area contributed by atoms with Gasteiger partial charge in [0.05, 0.1) is 46.7 Å². The number of amides is 1. The van der Waals surface area contributed by atoms with Crippen molar-refractivity contribution in [2.75, 3.05) is 41.5 Å². The Morgan fingerprint density at radius 2 is 1.55 bits per heavy atom.